The predicted octanol–water partition coefficient (Wildman–Crippen LogP) is 2.67. The Morgan fingerprint density at radius 3 is 2.55 bits per heavy atom. The van der Waals surface area contributed by atoms with E-state index in [1.165, 1.54) is 0 Å². The first kappa shape index (κ1) is 20.6. The van der Waals surface area contributed by atoms with Crippen molar-refractivity contribution < 1.29 is 19.2 Å². The Morgan fingerprint density at radius 1 is 1.06 bits per heavy atom. The second kappa shape index (κ2) is 9.44. The van der Waals surface area contributed by atoms with Gasteiger partial charge in [-0.05, 0) is 25.0 Å². The Hall–Kier alpha value is -3.65. The summed E-state index contributed by atoms with van der Waals surface area (Å²) in [6.07, 6.45) is 1.12. The van der Waals surface area contributed by atoms with E-state index in [0.29, 0.717) is 24.3 Å². The number of carbonyl (C=O) groups excluding carboxylic acids is 2. The minimum atomic E-state index is -0.487. The van der Waals surface area contributed by atoms with Crippen LogP contribution in [0.15, 0.2) is 65.2 Å². The summed E-state index contributed by atoms with van der Waals surface area (Å²) in [6.45, 7) is 1.25. The molecular weight excluding hydrogens is 396 g/mol. The number of aromatic nitrogens is 1. The number of piperidine rings is 1. The molecule has 3 aromatic rings. The number of rotatable bonds is 6. The Labute approximate surface area is 179 Å². The third-order valence-corrected chi connectivity index (χ3v) is 5.19. The van der Waals surface area contributed by atoms with E-state index in [2.05, 4.69) is 20.7 Å². The summed E-state index contributed by atoms with van der Waals surface area (Å²) in [5.74, 6) is -0.347. The van der Waals surface area contributed by atoms with Crippen molar-refractivity contribution in [2.24, 2.45) is 0 Å². The van der Waals surface area contributed by atoms with E-state index in [4.69, 9.17) is 4.52 Å². The van der Waals surface area contributed by atoms with Gasteiger partial charge in [-0.2, -0.15) is 0 Å². The summed E-state index contributed by atoms with van der Waals surface area (Å²) in [6, 6.07) is 18.4. The molecule has 0 radical (unpaired) electrons. The Morgan fingerprint density at radius 2 is 1.77 bits per heavy atom. The van der Waals surface area contributed by atoms with Gasteiger partial charge in [0.15, 0.2) is 11.5 Å². The van der Waals surface area contributed by atoms with E-state index in [1.807, 2.05) is 54.6 Å². The lowest BCUT2D eigenvalue weighted by Crippen LogP contribution is -2.37. The van der Waals surface area contributed by atoms with Gasteiger partial charge in [-0.1, -0.05) is 47.6 Å². The lowest BCUT2D eigenvalue weighted by Gasteiger charge is -2.32. The second-order valence-electron chi connectivity index (χ2n) is 7.41. The summed E-state index contributed by atoms with van der Waals surface area (Å²) in [4.78, 5) is 26.9. The molecule has 1 aliphatic rings. The van der Waals surface area contributed by atoms with Crippen LogP contribution in [0.4, 0.5) is 11.4 Å². The molecule has 0 bridgehead atoms. The van der Waals surface area contributed by atoms with Crippen LogP contribution in [0.2, 0.25) is 0 Å². The number of amides is 2. The van der Waals surface area contributed by atoms with Crippen LogP contribution >= 0.6 is 0 Å². The van der Waals surface area contributed by atoms with Crippen molar-refractivity contribution in [1.82, 2.24) is 10.5 Å². The van der Waals surface area contributed by atoms with Gasteiger partial charge in [0.2, 0.25) is 5.91 Å². The molecule has 0 spiro atoms. The van der Waals surface area contributed by atoms with Gasteiger partial charge in [-0.3, -0.25) is 9.59 Å². The average molecular weight is 420 g/mol. The largest absolute Gasteiger partial charge is 0.393 e. The zero-order chi connectivity index (χ0) is 21.6. The molecule has 160 valence electrons. The van der Waals surface area contributed by atoms with Crippen LogP contribution in [0.25, 0.3) is 11.3 Å². The molecule has 8 nitrogen and oxygen atoms in total. The van der Waals surface area contributed by atoms with Gasteiger partial charge in [0.05, 0.1) is 24.0 Å². The number of anilines is 2. The number of benzene rings is 2. The fraction of sp³-hybridized carbons (Fsp3) is 0.261. The van der Waals surface area contributed by atoms with Gasteiger partial charge in [-0.15, -0.1) is 0 Å². The predicted molar refractivity (Wildman–Crippen MR) is 117 cm³/mol. The SMILES string of the molecule is O=C(CNC(=O)c1cc(-c2ccccc2)on1)Nc1ccccc1N1CCC(O)CC1. The quantitative estimate of drug-likeness (QED) is 0.566. The van der Waals surface area contributed by atoms with E-state index >= 15 is 0 Å². The van der Waals surface area contributed by atoms with Gasteiger partial charge < -0.3 is 25.2 Å². The third-order valence-electron chi connectivity index (χ3n) is 5.19. The number of aliphatic hydroxyl groups excluding tert-OH is 1. The fourth-order valence-corrected chi connectivity index (χ4v) is 3.53. The summed E-state index contributed by atoms with van der Waals surface area (Å²) in [5.41, 5.74) is 2.50. The molecule has 1 saturated heterocycles. The highest BCUT2D eigenvalue weighted by atomic mass is 16.5. The molecule has 0 unspecified atom stereocenters. The van der Waals surface area contributed by atoms with Gasteiger partial charge in [0, 0.05) is 24.7 Å². The molecule has 1 aromatic heterocycles. The molecule has 0 aliphatic carbocycles. The maximum Gasteiger partial charge on any atom is 0.273 e. The zero-order valence-corrected chi connectivity index (χ0v) is 17.0. The molecule has 2 aromatic carbocycles. The Balaban J connectivity index is 1.34. The smallest absolute Gasteiger partial charge is 0.273 e. The number of aliphatic hydroxyl groups is 1. The molecule has 3 N–H and O–H groups in total. The summed E-state index contributed by atoms with van der Waals surface area (Å²) in [7, 11) is 0. The molecule has 1 aliphatic heterocycles. The van der Waals surface area contributed by atoms with Gasteiger partial charge in [0.25, 0.3) is 5.91 Å². The van der Waals surface area contributed by atoms with E-state index in [9.17, 15) is 14.7 Å². The molecule has 2 amide bonds. The monoisotopic (exact) mass is 420 g/mol. The highest BCUT2D eigenvalue weighted by Gasteiger charge is 2.20. The van der Waals surface area contributed by atoms with E-state index in [-0.39, 0.29) is 24.2 Å². The van der Waals surface area contributed by atoms with Crippen LogP contribution in [0.1, 0.15) is 23.3 Å². The van der Waals surface area contributed by atoms with E-state index < -0.39 is 5.91 Å². The average Bonchev–Trinajstić information content (AvgIpc) is 3.30. The lowest BCUT2D eigenvalue weighted by molar-refractivity contribution is -0.115. The molecular formula is C23H24N4O4. The fourth-order valence-electron chi connectivity index (χ4n) is 3.53. The van der Waals surface area contributed by atoms with Crippen LogP contribution in [0.3, 0.4) is 0 Å². The standard InChI is InChI=1S/C23H24N4O4/c28-17-10-12-27(13-11-17)20-9-5-4-8-18(20)25-22(29)15-24-23(30)19-14-21(31-26-19)16-6-2-1-3-7-16/h1-9,14,17,28H,10-13,15H2,(H,24,30)(H,25,29). The maximum atomic E-state index is 12.4. The Kier molecular flexibility index (Phi) is 6.28. The van der Waals surface area contributed by atoms with E-state index in [1.54, 1.807) is 6.07 Å². The van der Waals surface area contributed by atoms with Crippen molar-refractivity contribution in [3.8, 4) is 11.3 Å². The first-order chi connectivity index (χ1) is 15.1. The zero-order valence-electron chi connectivity index (χ0n) is 17.0. The number of nitrogens with one attached hydrogen (secondary N) is 2. The summed E-state index contributed by atoms with van der Waals surface area (Å²) in [5, 5.41) is 18.9. The second-order valence-corrected chi connectivity index (χ2v) is 7.41. The molecule has 4 rings (SSSR count). The lowest BCUT2D eigenvalue weighted by atomic mass is 10.1. The van der Waals surface area contributed by atoms with Crippen molar-refractivity contribution >= 4 is 23.2 Å². The van der Waals surface area contributed by atoms with Crippen LogP contribution in [0.5, 0.6) is 0 Å². The van der Waals surface area contributed by atoms with Crippen LogP contribution in [0, 0.1) is 0 Å². The van der Waals surface area contributed by atoms with Gasteiger partial charge in [0.1, 0.15) is 0 Å². The van der Waals surface area contributed by atoms with Crippen molar-refractivity contribution in [2.45, 2.75) is 18.9 Å². The van der Waals surface area contributed by atoms with E-state index in [0.717, 1.165) is 24.3 Å². The number of hydrogen-bond acceptors (Lipinski definition) is 6. The van der Waals surface area contributed by atoms with Crippen molar-refractivity contribution in [2.75, 3.05) is 29.9 Å². The summed E-state index contributed by atoms with van der Waals surface area (Å²) < 4.78 is 5.23. The normalized spacial score (nSPS) is 14.3. The number of hydrogen-bond donors (Lipinski definition) is 3. The molecule has 31 heavy (non-hydrogen) atoms. The number of carbonyl (C=O) groups is 2. The molecule has 0 saturated carbocycles. The highest BCUT2D eigenvalue weighted by molar-refractivity contribution is 6.00. The molecule has 8 heteroatoms. The third kappa shape index (κ3) is 5.10. The minimum Gasteiger partial charge on any atom is -0.393 e. The first-order valence-electron chi connectivity index (χ1n) is 10.2. The van der Waals surface area contributed by atoms with Gasteiger partial charge >= 0.3 is 0 Å². The van der Waals surface area contributed by atoms with Crippen molar-refractivity contribution in [3.63, 3.8) is 0 Å². The maximum absolute atomic E-state index is 12.4. The van der Waals surface area contributed by atoms with Gasteiger partial charge in [-0.25, -0.2) is 0 Å². The molecule has 1 fully saturated rings. The first-order valence-corrected chi connectivity index (χ1v) is 10.2. The van der Waals surface area contributed by atoms with Crippen LogP contribution < -0.4 is 15.5 Å². The molecule has 0 atom stereocenters. The van der Waals surface area contributed by atoms with Crippen molar-refractivity contribution in [3.05, 3.63) is 66.4 Å². The van der Waals surface area contributed by atoms with Crippen LogP contribution in [-0.4, -0.2) is 47.8 Å². The topological polar surface area (TPSA) is 108 Å². The minimum absolute atomic E-state index is 0.110. The Bertz CT molecular complexity index is 1040. The highest BCUT2D eigenvalue weighted by Crippen LogP contribution is 2.28. The number of para-hydroxylation sites is 2. The summed E-state index contributed by atoms with van der Waals surface area (Å²) >= 11 is 0. The molecule has 2 heterocycles. The number of nitrogens with zero attached hydrogens (tertiary/aromatic N) is 2. The van der Waals surface area contributed by atoms with Crippen LogP contribution in [-0.2, 0) is 4.79 Å². The van der Waals surface area contributed by atoms with Crippen molar-refractivity contribution in [1.29, 1.82) is 0 Å².